The van der Waals surface area contributed by atoms with E-state index in [0.29, 0.717) is 45.6 Å². The molecule has 0 unspecified atom stereocenters. The molecule has 0 radical (unpaired) electrons. The highest BCUT2D eigenvalue weighted by Crippen LogP contribution is 2.37. The van der Waals surface area contributed by atoms with Crippen molar-refractivity contribution in [1.82, 2.24) is 10.2 Å². The quantitative estimate of drug-likeness (QED) is 0.233. The number of rotatable bonds is 12. The van der Waals surface area contributed by atoms with Crippen molar-refractivity contribution in [2.24, 2.45) is 5.92 Å². The van der Waals surface area contributed by atoms with Gasteiger partial charge in [-0.1, -0.05) is 13.8 Å². The molecule has 38 heavy (non-hydrogen) atoms. The van der Waals surface area contributed by atoms with Crippen LogP contribution in [0.5, 0.6) is 11.5 Å². The molecule has 3 N–H and O–H groups in total. The number of ether oxygens (including phenoxy) is 3. The van der Waals surface area contributed by atoms with Crippen LogP contribution in [-0.4, -0.2) is 91.0 Å². The second-order valence-electron chi connectivity index (χ2n) is 9.95. The van der Waals surface area contributed by atoms with Gasteiger partial charge in [0.25, 0.3) is 0 Å². The SMILES string of the molecule is COc1cc(C=O)cc(I)c1O[C@H]1C=C(C(=O)NCCO)C[C@@H](N(C[C@H]2CCCO2)C(=O)CC(C)C)[C@@H]1O. The number of amides is 2. The Bertz CT molecular complexity index is 1020. The molecule has 10 nitrogen and oxygen atoms in total. The fraction of sp³-hybridized carbons (Fsp3) is 0.593. The van der Waals surface area contributed by atoms with Gasteiger partial charge in [-0.05, 0) is 59.6 Å². The van der Waals surface area contributed by atoms with E-state index >= 15 is 0 Å². The summed E-state index contributed by atoms with van der Waals surface area (Å²) in [6, 6.07) is 2.42. The number of nitrogens with zero attached hydrogens (tertiary/aromatic N) is 1. The van der Waals surface area contributed by atoms with E-state index in [4.69, 9.17) is 14.2 Å². The second kappa shape index (κ2) is 14.2. The van der Waals surface area contributed by atoms with E-state index < -0.39 is 24.2 Å². The van der Waals surface area contributed by atoms with Crippen LogP contribution in [0.4, 0.5) is 0 Å². The Balaban J connectivity index is 1.99. The normalized spacial score (nSPS) is 23.1. The summed E-state index contributed by atoms with van der Waals surface area (Å²) in [5, 5.41) is 23.4. The van der Waals surface area contributed by atoms with Crippen molar-refractivity contribution in [3.05, 3.63) is 32.9 Å². The largest absolute Gasteiger partial charge is 0.493 e. The molecule has 11 heteroatoms. The van der Waals surface area contributed by atoms with Gasteiger partial charge in [-0.3, -0.25) is 14.4 Å². The highest BCUT2D eigenvalue weighted by molar-refractivity contribution is 14.1. The summed E-state index contributed by atoms with van der Waals surface area (Å²) < 4.78 is 18.1. The van der Waals surface area contributed by atoms with Gasteiger partial charge in [0.05, 0.1) is 29.4 Å². The summed E-state index contributed by atoms with van der Waals surface area (Å²) in [6.07, 6.45) is 2.07. The van der Waals surface area contributed by atoms with E-state index in [1.54, 1.807) is 17.0 Å². The molecule has 0 bridgehead atoms. The molecule has 1 fully saturated rings. The number of carbonyl (C=O) groups is 3. The average Bonchev–Trinajstić information content (AvgIpc) is 3.40. The fourth-order valence-corrected chi connectivity index (χ4v) is 5.49. The first kappa shape index (κ1) is 30.3. The molecule has 3 rings (SSSR count). The minimum Gasteiger partial charge on any atom is -0.493 e. The van der Waals surface area contributed by atoms with E-state index in [-0.39, 0.29) is 43.9 Å². The van der Waals surface area contributed by atoms with Gasteiger partial charge in [-0.25, -0.2) is 0 Å². The monoisotopic (exact) mass is 644 g/mol. The standard InChI is InChI=1S/C27H37IN2O8/c1-16(2)9-24(33)30(14-19-5-4-8-37-19)21-12-18(27(35)29-6-7-31)13-22(25(21)34)38-26-20(28)10-17(15-32)11-23(26)36-3/h10-11,13,15-16,19,21-22,25,31,34H,4-9,12,14H2,1-3H3,(H,29,35)/t19-,21-,22+,25+/m1/s1. The number of carbonyl (C=O) groups excluding carboxylic acids is 3. The number of methoxy groups -OCH3 is 1. The number of aliphatic hydroxyl groups is 2. The topological polar surface area (TPSA) is 135 Å². The zero-order valence-electron chi connectivity index (χ0n) is 22.0. The van der Waals surface area contributed by atoms with Crippen molar-refractivity contribution in [2.75, 3.05) is 33.4 Å². The molecule has 1 aromatic carbocycles. The first-order valence-corrected chi connectivity index (χ1v) is 13.9. The van der Waals surface area contributed by atoms with Crippen LogP contribution < -0.4 is 14.8 Å². The summed E-state index contributed by atoms with van der Waals surface area (Å²) >= 11 is 2.02. The number of benzene rings is 1. The summed E-state index contributed by atoms with van der Waals surface area (Å²) in [5.74, 6) is 0.190. The predicted octanol–water partition coefficient (Wildman–Crippen LogP) is 2.08. The average molecular weight is 645 g/mol. The van der Waals surface area contributed by atoms with Gasteiger partial charge in [0.2, 0.25) is 11.8 Å². The maximum absolute atomic E-state index is 13.4. The minimum absolute atomic E-state index is 0.0692. The van der Waals surface area contributed by atoms with Crippen molar-refractivity contribution in [3.63, 3.8) is 0 Å². The molecule has 4 atom stereocenters. The Kier molecular flexibility index (Phi) is 11.4. The molecule has 1 aliphatic heterocycles. The summed E-state index contributed by atoms with van der Waals surface area (Å²) in [5.41, 5.74) is 0.745. The molecule has 1 aliphatic carbocycles. The van der Waals surface area contributed by atoms with Crippen LogP contribution in [0.3, 0.4) is 0 Å². The number of hydrogen-bond acceptors (Lipinski definition) is 8. The zero-order chi connectivity index (χ0) is 27.8. The van der Waals surface area contributed by atoms with E-state index in [9.17, 15) is 24.6 Å². The number of halogens is 1. The highest BCUT2D eigenvalue weighted by Gasteiger charge is 2.42. The maximum atomic E-state index is 13.4. The lowest BCUT2D eigenvalue weighted by atomic mass is 9.87. The van der Waals surface area contributed by atoms with Crippen LogP contribution in [0, 0.1) is 9.49 Å². The van der Waals surface area contributed by atoms with Gasteiger partial charge < -0.3 is 34.6 Å². The summed E-state index contributed by atoms with van der Waals surface area (Å²) in [6.45, 7) is 4.69. The van der Waals surface area contributed by atoms with Gasteiger partial charge in [-0.15, -0.1) is 0 Å². The molecule has 210 valence electrons. The van der Waals surface area contributed by atoms with E-state index in [2.05, 4.69) is 5.32 Å². The smallest absolute Gasteiger partial charge is 0.247 e. The molecule has 2 amide bonds. The van der Waals surface area contributed by atoms with Gasteiger partial charge in [-0.2, -0.15) is 0 Å². The van der Waals surface area contributed by atoms with Gasteiger partial charge >= 0.3 is 0 Å². The number of aldehydes is 1. The lowest BCUT2D eigenvalue weighted by Gasteiger charge is -2.41. The van der Waals surface area contributed by atoms with Crippen molar-refractivity contribution < 1.29 is 38.8 Å². The van der Waals surface area contributed by atoms with Gasteiger partial charge in [0.1, 0.15) is 18.5 Å². The lowest BCUT2D eigenvalue weighted by molar-refractivity contribution is -0.141. The Morgan fingerprint density at radius 2 is 2.11 bits per heavy atom. The Morgan fingerprint density at radius 3 is 2.71 bits per heavy atom. The van der Waals surface area contributed by atoms with E-state index in [1.807, 2.05) is 36.4 Å². The third-order valence-corrected chi connectivity index (χ3v) is 7.39. The summed E-state index contributed by atoms with van der Waals surface area (Å²) in [7, 11) is 1.45. The van der Waals surface area contributed by atoms with Crippen LogP contribution in [0.2, 0.25) is 0 Å². The Morgan fingerprint density at radius 1 is 1.34 bits per heavy atom. The third-order valence-electron chi connectivity index (χ3n) is 6.58. The minimum atomic E-state index is -1.16. The molecule has 2 aliphatic rings. The van der Waals surface area contributed by atoms with E-state index in [1.165, 1.54) is 13.2 Å². The second-order valence-corrected chi connectivity index (χ2v) is 11.1. The van der Waals surface area contributed by atoms with Crippen LogP contribution in [0.15, 0.2) is 23.8 Å². The predicted molar refractivity (Wildman–Crippen MR) is 148 cm³/mol. The molecule has 0 spiro atoms. The Hall–Kier alpha value is -2.22. The molecular weight excluding hydrogens is 607 g/mol. The van der Waals surface area contributed by atoms with Crippen molar-refractivity contribution in [1.29, 1.82) is 0 Å². The summed E-state index contributed by atoms with van der Waals surface area (Å²) in [4.78, 5) is 39.4. The first-order valence-electron chi connectivity index (χ1n) is 12.9. The Labute approximate surface area is 236 Å². The van der Waals surface area contributed by atoms with Crippen LogP contribution in [-0.2, 0) is 14.3 Å². The van der Waals surface area contributed by atoms with Crippen LogP contribution in [0.25, 0.3) is 0 Å². The number of hydrogen-bond donors (Lipinski definition) is 3. The van der Waals surface area contributed by atoms with E-state index in [0.717, 1.165) is 12.8 Å². The van der Waals surface area contributed by atoms with Crippen molar-refractivity contribution in [3.8, 4) is 11.5 Å². The molecule has 1 saturated heterocycles. The van der Waals surface area contributed by atoms with Crippen LogP contribution in [0.1, 0.15) is 49.9 Å². The zero-order valence-corrected chi connectivity index (χ0v) is 24.2. The first-order chi connectivity index (χ1) is 18.2. The molecule has 1 heterocycles. The number of aliphatic hydroxyl groups excluding tert-OH is 2. The molecular formula is C27H37IN2O8. The van der Waals surface area contributed by atoms with Crippen molar-refractivity contribution >= 4 is 40.7 Å². The molecule has 0 aromatic heterocycles. The molecule has 1 aromatic rings. The van der Waals surface area contributed by atoms with Crippen LogP contribution >= 0.6 is 22.6 Å². The van der Waals surface area contributed by atoms with Gasteiger partial charge in [0, 0.05) is 43.7 Å². The fourth-order valence-electron chi connectivity index (χ4n) is 4.73. The maximum Gasteiger partial charge on any atom is 0.247 e. The highest BCUT2D eigenvalue weighted by atomic mass is 127. The lowest BCUT2D eigenvalue weighted by Crippen LogP contribution is -2.56. The number of nitrogens with one attached hydrogen (secondary N) is 1. The third kappa shape index (κ3) is 7.67. The van der Waals surface area contributed by atoms with Crippen molar-refractivity contribution in [2.45, 2.75) is 63.9 Å². The van der Waals surface area contributed by atoms with Gasteiger partial charge in [0.15, 0.2) is 11.5 Å². The molecule has 0 saturated carbocycles.